The van der Waals surface area contributed by atoms with Gasteiger partial charge in [-0.2, -0.15) is 0 Å². The van der Waals surface area contributed by atoms with Crippen molar-refractivity contribution in [2.24, 2.45) is 0 Å². The molecule has 0 aliphatic rings. The molecule has 1 aromatic heterocycles. The van der Waals surface area contributed by atoms with Gasteiger partial charge in [-0.1, -0.05) is 23.4 Å². The van der Waals surface area contributed by atoms with Crippen molar-refractivity contribution in [1.82, 2.24) is 4.98 Å². The van der Waals surface area contributed by atoms with E-state index in [1.807, 2.05) is 0 Å². The van der Waals surface area contributed by atoms with Gasteiger partial charge in [-0.25, -0.2) is 9.78 Å². The number of hydrogen-bond acceptors (Lipinski definition) is 3. The van der Waals surface area contributed by atoms with Crippen molar-refractivity contribution in [3.05, 3.63) is 53.2 Å². The minimum absolute atomic E-state index is 0.220. The van der Waals surface area contributed by atoms with Crippen LogP contribution in [0, 0.1) is 11.8 Å². The highest BCUT2D eigenvalue weighted by Gasteiger charge is 2.03. The van der Waals surface area contributed by atoms with Crippen LogP contribution in [0.1, 0.15) is 5.56 Å². The number of carbonyl (C=O) groups excluding carboxylic acids is 1. The average molecular weight is 302 g/mol. The normalized spacial score (nSPS) is 9.43. The summed E-state index contributed by atoms with van der Waals surface area (Å²) >= 11 is 5.77. The maximum absolute atomic E-state index is 11.8. The van der Waals surface area contributed by atoms with Gasteiger partial charge < -0.3 is 10.4 Å². The number of nitrogens with zero attached hydrogens (tertiary/aromatic N) is 1. The Morgan fingerprint density at radius 2 is 2.00 bits per heavy atom. The quantitative estimate of drug-likeness (QED) is 0.747. The maximum Gasteiger partial charge on any atom is 0.324 e. The summed E-state index contributed by atoms with van der Waals surface area (Å²) in [7, 11) is 0. The first kappa shape index (κ1) is 14.9. The summed E-state index contributed by atoms with van der Waals surface area (Å²) in [6.45, 7) is -0.220. The lowest BCUT2D eigenvalue weighted by molar-refractivity contribution is 0.262. The van der Waals surface area contributed by atoms with Crippen LogP contribution in [0.15, 0.2) is 42.6 Å². The Morgan fingerprint density at radius 3 is 2.71 bits per heavy atom. The second-order valence-corrected chi connectivity index (χ2v) is 4.41. The van der Waals surface area contributed by atoms with E-state index in [1.165, 1.54) is 6.20 Å². The first-order chi connectivity index (χ1) is 10.2. The molecule has 21 heavy (non-hydrogen) atoms. The molecule has 2 amide bonds. The number of amides is 2. The molecule has 2 rings (SSSR count). The standard InChI is InChI=1S/C15H12ClN3O2/c16-12-3-5-13(6-4-12)18-15(21)19-14-10-11(2-1-9-20)7-8-17-14/h3-8,10,20H,9H2,(H2,17,18,19,21). The highest BCUT2D eigenvalue weighted by molar-refractivity contribution is 6.30. The molecular weight excluding hydrogens is 290 g/mol. The smallest absolute Gasteiger partial charge is 0.324 e. The van der Waals surface area contributed by atoms with Gasteiger partial charge in [0.25, 0.3) is 0 Å². The van der Waals surface area contributed by atoms with Crippen LogP contribution in [0.5, 0.6) is 0 Å². The van der Waals surface area contributed by atoms with Crippen molar-refractivity contribution in [2.75, 3.05) is 17.2 Å². The zero-order chi connectivity index (χ0) is 15.1. The summed E-state index contributed by atoms with van der Waals surface area (Å²) in [6, 6.07) is 9.63. The largest absolute Gasteiger partial charge is 0.384 e. The number of aliphatic hydroxyl groups is 1. The predicted molar refractivity (Wildman–Crippen MR) is 82.3 cm³/mol. The molecule has 1 heterocycles. The van der Waals surface area contributed by atoms with E-state index in [0.29, 0.717) is 22.1 Å². The van der Waals surface area contributed by atoms with E-state index in [-0.39, 0.29) is 6.61 Å². The molecule has 106 valence electrons. The molecule has 0 radical (unpaired) electrons. The monoisotopic (exact) mass is 301 g/mol. The molecule has 0 saturated carbocycles. The molecule has 0 aliphatic heterocycles. The van der Waals surface area contributed by atoms with Crippen molar-refractivity contribution in [2.45, 2.75) is 0 Å². The number of hydrogen-bond donors (Lipinski definition) is 3. The lowest BCUT2D eigenvalue weighted by Crippen LogP contribution is -2.20. The Kier molecular flexibility index (Phi) is 5.16. The number of pyridine rings is 1. The molecule has 0 aliphatic carbocycles. The summed E-state index contributed by atoms with van der Waals surface area (Å²) in [4.78, 5) is 15.8. The fourth-order valence-corrected chi connectivity index (χ4v) is 1.66. The van der Waals surface area contributed by atoms with Crippen LogP contribution in [-0.4, -0.2) is 22.7 Å². The van der Waals surface area contributed by atoms with E-state index in [0.717, 1.165) is 0 Å². The third-order valence-electron chi connectivity index (χ3n) is 2.42. The van der Waals surface area contributed by atoms with Crippen LogP contribution < -0.4 is 10.6 Å². The molecule has 0 spiro atoms. The van der Waals surface area contributed by atoms with Crippen molar-refractivity contribution in [3.63, 3.8) is 0 Å². The summed E-state index contributed by atoms with van der Waals surface area (Å²) in [5.41, 5.74) is 1.27. The molecular formula is C15H12ClN3O2. The van der Waals surface area contributed by atoms with Crippen LogP contribution >= 0.6 is 11.6 Å². The van der Waals surface area contributed by atoms with Gasteiger partial charge in [0.1, 0.15) is 12.4 Å². The summed E-state index contributed by atoms with van der Waals surface area (Å²) < 4.78 is 0. The second-order valence-electron chi connectivity index (χ2n) is 3.98. The molecule has 0 saturated heterocycles. The van der Waals surface area contributed by atoms with Crippen molar-refractivity contribution in [3.8, 4) is 11.8 Å². The number of aliphatic hydroxyl groups excluding tert-OH is 1. The SMILES string of the molecule is O=C(Nc1ccc(Cl)cc1)Nc1cc(C#CCO)ccn1. The van der Waals surface area contributed by atoms with Gasteiger partial charge in [0.2, 0.25) is 0 Å². The van der Waals surface area contributed by atoms with Gasteiger partial charge in [0, 0.05) is 22.5 Å². The number of nitrogens with one attached hydrogen (secondary N) is 2. The summed E-state index contributed by atoms with van der Waals surface area (Å²) in [6.07, 6.45) is 1.53. The second kappa shape index (κ2) is 7.29. The molecule has 0 unspecified atom stereocenters. The Hall–Kier alpha value is -2.55. The lowest BCUT2D eigenvalue weighted by Gasteiger charge is -2.07. The molecule has 0 atom stereocenters. The van der Waals surface area contributed by atoms with E-state index >= 15 is 0 Å². The first-order valence-electron chi connectivity index (χ1n) is 6.07. The Bertz CT molecular complexity index is 690. The fourth-order valence-electron chi connectivity index (χ4n) is 1.53. The highest BCUT2D eigenvalue weighted by Crippen LogP contribution is 2.14. The van der Waals surface area contributed by atoms with E-state index in [9.17, 15) is 4.79 Å². The van der Waals surface area contributed by atoms with E-state index < -0.39 is 6.03 Å². The Labute approximate surface area is 127 Å². The summed E-state index contributed by atoms with van der Waals surface area (Å²) in [5.74, 6) is 5.63. The van der Waals surface area contributed by atoms with Crippen LogP contribution in [0.4, 0.5) is 16.3 Å². The van der Waals surface area contributed by atoms with E-state index in [4.69, 9.17) is 16.7 Å². The minimum atomic E-state index is -0.419. The van der Waals surface area contributed by atoms with Gasteiger partial charge in [-0.15, -0.1) is 0 Å². The molecule has 2 aromatic rings. The van der Waals surface area contributed by atoms with Gasteiger partial charge >= 0.3 is 6.03 Å². The van der Waals surface area contributed by atoms with Crippen molar-refractivity contribution < 1.29 is 9.90 Å². The number of benzene rings is 1. The topological polar surface area (TPSA) is 74.2 Å². The number of aromatic nitrogens is 1. The minimum Gasteiger partial charge on any atom is -0.384 e. The number of urea groups is 1. The number of anilines is 2. The molecule has 3 N–H and O–H groups in total. The van der Waals surface area contributed by atoms with Gasteiger partial charge in [-0.05, 0) is 36.4 Å². The van der Waals surface area contributed by atoms with Crippen molar-refractivity contribution in [1.29, 1.82) is 0 Å². The molecule has 6 heteroatoms. The first-order valence-corrected chi connectivity index (χ1v) is 6.44. The van der Waals surface area contributed by atoms with E-state index in [1.54, 1.807) is 36.4 Å². The highest BCUT2D eigenvalue weighted by atomic mass is 35.5. The Balaban J connectivity index is 2.00. The number of halogens is 1. The third kappa shape index (κ3) is 4.80. The lowest BCUT2D eigenvalue weighted by atomic mass is 10.2. The zero-order valence-electron chi connectivity index (χ0n) is 10.9. The third-order valence-corrected chi connectivity index (χ3v) is 2.67. The van der Waals surface area contributed by atoms with Crippen LogP contribution in [-0.2, 0) is 0 Å². The zero-order valence-corrected chi connectivity index (χ0v) is 11.7. The number of rotatable bonds is 2. The van der Waals surface area contributed by atoms with E-state index in [2.05, 4.69) is 27.5 Å². The summed E-state index contributed by atoms with van der Waals surface area (Å²) in [5, 5.41) is 14.5. The molecule has 1 aromatic carbocycles. The predicted octanol–water partition coefficient (Wildman–Crippen LogP) is 2.72. The van der Waals surface area contributed by atoms with Crippen molar-refractivity contribution >= 4 is 29.1 Å². The van der Waals surface area contributed by atoms with Gasteiger partial charge in [-0.3, -0.25) is 5.32 Å². The Morgan fingerprint density at radius 1 is 1.24 bits per heavy atom. The molecule has 0 fully saturated rings. The van der Waals surface area contributed by atoms with Gasteiger partial charge in [0.05, 0.1) is 0 Å². The van der Waals surface area contributed by atoms with Crippen LogP contribution in [0.25, 0.3) is 0 Å². The van der Waals surface area contributed by atoms with Gasteiger partial charge in [0.15, 0.2) is 0 Å². The van der Waals surface area contributed by atoms with Crippen LogP contribution in [0.2, 0.25) is 5.02 Å². The number of carbonyl (C=O) groups is 1. The molecule has 5 nitrogen and oxygen atoms in total. The fraction of sp³-hybridized carbons (Fsp3) is 0.0667. The molecule has 0 bridgehead atoms. The maximum atomic E-state index is 11.8. The average Bonchev–Trinajstić information content (AvgIpc) is 2.48. The van der Waals surface area contributed by atoms with Crippen LogP contribution in [0.3, 0.4) is 0 Å².